The smallest absolute Gasteiger partial charge is 0.0982 e. The van der Waals surface area contributed by atoms with Crippen LogP contribution in [0.2, 0.25) is 0 Å². The summed E-state index contributed by atoms with van der Waals surface area (Å²) >= 11 is 0. The fourth-order valence-electron chi connectivity index (χ4n) is 7.92. The minimum Gasteiger partial charge on any atom is -0.393 e. The Morgan fingerprint density at radius 2 is 0.955 bits per heavy atom. The lowest BCUT2D eigenvalue weighted by Gasteiger charge is -2.44. The van der Waals surface area contributed by atoms with Crippen LogP contribution in [0.15, 0.2) is 106 Å². The first kappa shape index (κ1) is 34.4. The molecule has 0 spiro atoms. The number of ether oxygens (including phenoxy) is 2. The van der Waals surface area contributed by atoms with Crippen LogP contribution in [-0.2, 0) is 9.47 Å². The molecule has 0 unspecified atom stereocenters. The average molecular weight is 601 g/mol. The number of aliphatic hydroxyl groups excluding tert-OH is 2. The SMILES string of the molecule is CC(/C=C/C=C(\C)[C@@H]1C=C2C(C)(C)C[C@H](O)C[C@@]2(C)O1)=C\C=C\C=C(C)\C=C\C=C(/C)[C@H]1C=C2C(C)(C)C[C@H](O)C[C@@]2(C)O1. The Kier molecular flexibility index (Phi) is 10.2. The summed E-state index contributed by atoms with van der Waals surface area (Å²) in [5.41, 5.74) is 6.43. The highest BCUT2D eigenvalue weighted by atomic mass is 16.5. The van der Waals surface area contributed by atoms with Crippen molar-refractivity contribution in [2.45, 2.75) is 131 Å². The van der Waals surface area contributed by atoms with E-state index in [-0.39, 0.29) is 46.4 Å². The van der Waals surface area contributed by atoms with E-state index in [1.54, 1.807) is 0 Å². The summed E-state index contributed by atoms with van der Waals surface area (Å²) in [6.45, 7) is 21.5. The standard InChI is InChI=1S/C40H56O4/c1-27(17-13-19-29(3)33-21-35-37(5,6)23-31(41)25-39(35,9)43-33)15-11-12-16-28(2)18-14-20-30(4)34-22-36-38(7,8)24-32(42)26-40(36,10)44-34/h11-22,31-34,41-42H,23-26H2,1-10H3/b12-11+,17-13+,18-14+,27-15+,28-16+,29-19+,30-20+/t31-,32-,33-,34+,39+,40+/m0/s1. The molecule has 0 aromatic carbocycles. The Hall–Kier alpha value is -2.50. The Bertz CT molecular complexity index is 1270. The third kappa shape index (κ3) is 7.83. The monoisotopic (exact) mass is 600 g/mol. The summed E-state index contributed by atoms with van der Waals surface area (Å²) < 4.78 is 12.9. The van der Waals surface area contributed by atoms with E-state index in [1.807, 2.05) is 0 Å². The molecule has 2 heterocycles. The predicted octanol–water partition coefficient (Wildman–Crippen LogP) is 8.97. The molecule has 0 aromatic rings. The van der Waals surface area contributed by atoms with Gasteiger partial charge in [-0.15, -0.1) is 0 Å². The zero-order chi connectivity index (χ0) is 32.5. The van der Waals surface area contributed by atoms with Gasteiger partial charge in [0, 0.05) is 12.8 Å². The number of allylic oxidation sites excluding steroid dienone is 12. The molecule has 2 saturated carbocycles. The Morgan fingerprint density at radius 1 is 0.591 bits per heavy atom. The lowest BCUT2D eigenvalue weighted by Crippen LogP contribution is -2.45. The Morgan fingerprint density at radius 3 is 1.32 bits per heavy atom. The van der Waals surface area contributed by atoms with E-state index in [0.29, 0.717) is 12.8 Å². The lowest BCUT2D eigenvalue weighted by atomic mass is 9.65. The molecular weight excluding hydrogens is 544 g/mol. The average Bonchev–Trinajstić information content (AvgIpc) is 3.43. The van der Waals surface area contributed by atoms with Gasteiger partial charge in [-0.1, -0.05) is 99.6 Å². The van der Waals surface area contributed by atoms with Crippen LogP contribution in [-0.4, -0.2) is 45.8 Å². The quantitative estimate of drug-likeness (QED) is 0.216. The van der Waals surface area contributed by atoms with Gasteiger partial charge in [0.25, 0.3) is 0 Å². The molecule has 4 nitrogen and oxygen atoms in total. The number of hydrogen-bond donors (Lipinski definition) is 2. The van der Waals surface area contributed by atoms with E-state index >= 15 is 0 Å². The summed E-state index contributed by atoms with van der Waals surface area (Å²) in [5.74, 6) is 0. The van der Waals surface area contributed by atoms with Crippen LogP contribution in [0.25, 0.3) is 0 Å². The maximum Gasteiger partial charge on any atom is 0.0982 e. The van der Waals surface area contributed by atoms with Gasteiger partial charge in [0.15, 0.2) is 0 Å². The molecule has 0 radical (unpaired) electrons. The summed E-state index contributed by atoms with van der Waals surface area (Å²) in [6.07, 6.45) is 27.7. The van der Waals surface area contributed by atoms with E-state index in [9.17, 15) is 10.2 Å². The number of fused-ring (bicyclic) bond motifs is 2. The number of rotatable bonds is 8. The van der Waals surface area contributed by atoms with Crippen molar-refractivity contribution >= 4 is 0 Å². The number of hydrogen-bond acceptors (Lipinski definition) is 4. The van der Waals surface area contributed by atoms with Gasteiger partial charge in [-0.25, -0.2) is 0 Å². The first-order valence-corrected chi connectivity index (χ1v) is 16.3. The van der Waals surface area contributed by atoms with Crippen LogP contribution in [0, 0.1) is 10.8 Å². The molecule has 240 valence electrons. The topological polar surface area (TPSA) is 58.9 Å². The zero-order valence-electron chi connectivity index (χ0n) is 28.8. The molecule has 0 saturated heterocycles. The maximum atomic E-state index is 10.4. The van der Waals surface area contributed by atoms with Gasteiger partial charge >= 0.3 is 0 Å². The second kappa shape index (κ2) is 13.1. The van der Waals surface area contributed by atoms with Gasteiger partial charge < -0.3 is 19.7 Å². The van der Waals surface area contributed by atoms with E-state index in [0.717, 1.165) is 24.0 Å². The zero-order valence-corrected chi connectivity index (χ0v) is 28.8. The van der Waals surface area contributed by atoms with Gasteiger partial charge in [0.1, 0.15) is 0 Å². The van der Waals surface area contributed by atoms with Crippen molar-refractivity contribution in [1.29, 1.82) is 0 Å². The van der Waals surface area contributed by atoms with Gasteiger partial charge in [-0.05, 0) is 99.7 Å². The van der Waals surface area contributed by atoms with Crippen molar-refractivity contribution in [3.05, 3.63) is 106 Å². The fourth-order valence-corrected chi connectivity index (χ4v) is 7.92. The molecule has 0 aromatic heterocycles. The highest BCUT2D eigenvalue weighted by Crippen LogP contribution is 2.53. The minimum atomic E-state index is -0.386. The van der Waals surface area contributed by atoms with Gasteiger partial charge in [0.05, 0.1) is 35.6 Å². The van der Waals surface area contributed by atoms with Crippen molar-refractivity contribution in [2.24, 2.45) is 10.8 Å². The molecule has 2 aliphatic heterocycles. The first-order chi connectivity index (χ1) is 20.4. The van der Waals surface area contributed by atoms with Crippen LogP contribution < -0.4 is 0 Å². The normalized spacial score (nSPS) is 36.3. The van der Waals surface area contributed by atoms with Crippen LogP contribution in [0.1, 0.15) is 94.9 Å². The van der Waals surface area contributed by atoms with Crippen molar-refractivity contribution < 1.29 is 19.7 Å². The second-order valence-corrected chi connectivity index (χ2v) is 15.3. The number of aliphatic hydroxyl groups is 2. The third-order valence-electron chi connectivity index (χ3n) is 9.91. The van der Waals surface area contributed by atoms with Crippen molar-refractivity contribution in [3.63, 3.8) is 0 Å². The van der Waals surface area contributed by atoms with Gasteiger partial charge in [-0.3, -0.25) is 0 Å². The van der Waals surface area contributed by atoms with Gasteiger partial charge in [0.2, 0.25) is 0 Å². The second-order valence-electron chi connectivity index (χ2n) is 15.3. The molecule has 4 aliphatic rings. The maximum absolute atomic E-state index is 10.4. The summed E-state index contributed by atoms with van der Waals surface area (Å²) in [4.78, 5) is 0. The van der Waals surface area contributed by atoms with Gasteiger partial charge in [-0.2, -0.15) is 0 Å². The highest BCUT2D eigenvalue weighted by molar-refractivity contribution is 5.39. The molecule has 0 amide bonds. The minimum absolute atomic E-state index is 0.0509. The van der Waals surface area contributed by atoms with E-state index in [2.05, 4.69) is 142 Å². The molecule has 0 bridgehead atoms. The molecule has 6 atom stereocenters. The molecule has 2 fully saturated rings. The van der Waals surface area contributed by atoms with E-state index < -0.39 is 0 Å². The first-order valence-electron chi connectivity index (χ1n) is 16.3. The van der Waals surface area contributed by atoms with Crippen LogP contribution in [0.3, 0.4) is 0 Å². The molecule has 4 rings (SSSR count). The Balaban J connectivity index is 1.29. The summed E-state index contributed by atoms with van der Waals surface area (Å²) in [7, 11) is 0. The predicted molar refractivity (Wildman–Crippen MR) is 183 cm³/mol. The van der Waals surface area contributed by atoms with Crippen LogP contribution in [0.4, 0.5) is 0 Å². The molecule has 4 heteroatoms. The van der Waals surface area contributed by atoms with Crippen molar-refractivity contribution in [2.75, 3.05) is 0 Å². The van der Waals surface area contributed by atoms with Crippen molar-refractivity contribution in [3.8, 4) is 0 Å². The molecular formula is C40H56O4. The molecule has 2 aliphatic carbocycles. The summed E-state index contributed by atoms with van der Waals surface area (Å²) in [5, 5.41) is 20.8. The lowest BCUT2D eigenvalue weighted by molar-refractivity contribution is -0.0688. The van der Waals surface area contributed by atoms with Crippen LogP contribution in [0.5, 0.6) is 0 Å². The molecule has 2 N–H and O–H groups in total. The largest absolute Gasteiger partial charge is 0.393 e. The van der Waals surface area contributed by atoms with E-state index in [4.69, 9.17) is 9.47 Å². The van der Waals surface area contributed by atoms with Crippen molar-refractivity contribution in [1.82, 2.24) is 0 Å². The van der Waals surface area contributed by atoms with Crippen LogP contribution >= 0.6 is 0 Å². The van der Waals surface area contributed by atoms with E-state index in [1.165, 1.54) is 22.3 Å². The third-order valence-corrected chi connectivity index (χ3v) is 9.91. The fraction of sp³-hybridized carbons (Fsp3) is 0.550. The summed E-state index contributed by atoms with van der Waals surface area (Å²) in [6, 6.07) is 0. The Labute approximate surface area is 267 Å². The highest BCUT2D eigenvalue weighted by Gasteiger charge is 2.51. The molecule has 44 heavy (non-hydrogen) atoms.